The Morgan fingerprint density at radius 3 is 2.30 bits per heavy atom. The standard InChI is InChI=1S/C24H31N3/c1-9-21(16-25-6)23-12-10-11-22(15-23)20(5)26-17-24(18(2)3)19(4)13-14-27(7)8/h9-17H,4-5H2,1-3,6-8H3/b14-13-,21-9+,25-16?,26-17?. The molecule has 3 nitrogen and oxygen atoms in total. The van der Waals surface area contributed by atoms with Gasteiger partial charge in [-0.05, 0) is 61.4 Å². The Kier molecular flexibility index (Phi) is 8.94. The number of hydrogen-bond donors (Lipinski definition) is 0. The molecule has 0 bridgehead atoms. The van der Waals surface area contributed by atoms with Crippen LogP contribution in [-0.2, 0) is 0 Å². The molecule has 0 aliphatic rings. The highest BCUT2D eigenvalue weighted by atomic mass is 15.0. The van der Waals surface area contributed by atoms with Crippen LogP contribution in [0.4, 0.5) is 0 Å². The van der Waals surface area contributed by atoms with Crippen molar-refractivity contribution < 1.29 is 0 Å². The molecule has 3 heteroatoms. The summed E-state index contributed by atoms with van der Waals surface area (Å²) in [7, 11) is 5.74. The normalized spacial score (nSPS) is 12.1. The fraction of sp³-hybridized carbons (Fsp3) is 0.250. The van der Waals surface area contributed by atoms with Gasteiger partial charge in [-0.1, -0.05) is 43.0 Å². The van der Waals surface area contributed by atoms with Crippen LogP contribution >= 0.6 is 0 Å². The van der Waals surface area contributed by atoms with E-state index in [9.17, 15) is 0 Å². The lowest BCUT2D eigenvalue weighted by atomic mass is 10.0. The number of nitrogens with zero attached hydrogens (tertiary/aromatic N) is 3. The van der Waals surface area contributed by atoms with E-state index in [-0.39, 0.29) is 0 Å². The number of benzene rings is 1. The summed E-state index contributed by atoms with van der Waals surface area (Å²) in [4.78, 5) is 10.7. The van der Waals surface area contributed by atoms with Crippen molar-refractivity contribution in [2.24, 2.45) is 9.98 Å². The van der Waals surface area contributed by atoms with Crippen molar-refractivity contribution in [3.05, 3.63) is 83.6 Å². The van der Waals surface area contributed by atoms with Crippen LogP contribution in [0.15, 0.2) is 82.5 Å². The van der Waals surface area contributed by atoms with Gasteiger partial charge in [-0.3, -0.25) is 9.98 Å². The molecule has 0 N–H and O–H groups in total. The van der Waals surface area contributed by atoms with Crippen molar-refractivity contribution >= 4 is 23.7 Å². The summed E-state index contributed by atoms with van der Waals surface area (Å²) in [5, 5.41) is 0. The van der Waals surface area contributed by atoms with Gasteiger partial charge < -0.3 is 4.90 Å². The van der Waals surface area contributed by atoms with Gasteiger partial charge >= 0.3 is 0 Å². The van der Waals surface area contributed by atoms with Crippen molar-refractivity contribution in [2.75, 3.05) is 21.1 Å². The Morgan fingerprint density at radius 2 is 1.74 bits per heavy atom. The van der Waals surface area contributed by atoms with Crippen LogP contribution in [0.25, 0.3) is 11.3 Å². The molecule has 0 atom stereocenters. The zero-order chi connectivity index (χ0) is 20.4. The molecule has 0 heterocycles. The minimum Gasteiger partial charge on any atom is -0.383 e. The molecule has 0 aromatic heterocycles. The van der Waals surface area contributed by atoms with Gasteiger partial charge in [0.2, 0.25) is 0 Å². The van der Waals surface area contributed by atoms with Crippen LogP contribution in [0.3, 0.4) is 0 Å². The Balaban J connectivity index is 3.09. The van der Waals surface area contributed by atoms with E-state index >= 15 is 0 Å². The molecule has 27 heavy (non-hydrogen) atoms. The summed E-state index contributed by atoms with van der Waals surface area (Å²) in [6.45, 7) is 14.4. The zero-order valence-electron chi connectivity index (χ0n) is 17.5. The molecule has 0 saturated carbocycles. The third kappa shape index (κ3) is 7.06. The van der Waals surface area contributed by atoms with Crippen molar-refractivity contribution in [3.63, 3.8) is 0 Å². The smallest absolute Gasteiger partial charge is 0.0630 e. The molecular formula is C24H31N3. The van der Waals surface area contributed by atoms with Gasteiger partial charge in [0.05, 0.1) is 5.70 Å². The second-order valence-electron chi connectivity index (χ2n) is 6.64. The average molecular weight is 362 g/mol. The van der Waals surface area contributed by atoms with Gasteiger partial charge in [0.25, 0.3) is 0 Å². The molecule has 1 aromatic carbocycles. The number of hydrogen-bond acceptors (Lipinski definition) is 3. The van der Waals surface area contributed by atoms with E-state index in [0.717, 1.165) is 33.4 Å². The van der Waals surface area contributed by atoms with Gasteiger partial charge in [-0.25, -0.2) is 0 Å². The van der Waals surface area contributed by atoms with E-state index in [1.165, 1.54) is 0 Å². The monoisotopic (exact) mass is 361 g/mol. The summed E-state index contributed by atoms with van der Waals surface area (Å²) in [6, 6.07) is 8.17. The molecule has 0 unspecified atom stereocenters. The summed E-state index contributed by atoms with van der Waals surface area (Å²) in [5.74, 6) is 0. The van der Waals surface area contributed by atoms with E-state index < -0.39 is 0 Å². The lowest BCUT2D eigenvalue weighted by molar-refractivity contribution is 0.563. The summed E-state index contributed by atoms with van der Waals surface area (Å²) >= 11 is 0. The van der Waals surface area contributed by atoms with Gasteiger partial charge in [0.1, 0.15) is 0 Å². The van der Waals surface area contributed by atoms with Gasteiger partial charge in [0, 0.05) is 39.1 Å². The predicted octanol–water partition coefficient (Wildman–Crippen LogP) is 5.80. The van der Waals surface area contributed by atoms with Crippen molar-refractivity contribution in [1.82, 2.24) is 4.90 Å². The Hall–Kier alpha value is -2.94. The number of allylic oxidation sites excluding steroid dienone is 6. The molecule has 0 fully saturated rings. The number of aliphatic imine (C=N–C) groups is 2. The molecule has 142 valence electrons. The first kappa shape index (κ1) is 22.1. The molecule has 0 aliphatic heterocycles. The van der Waals surface area contributed by atoms with Gasteiger partial charge in [-0.2, -0.15) is 0 Å². The Labute approximate surface area is 164 Å². The van der Waals surface area contributed by atoms with Crippen LogP contribution in [0.2, 0.25) is 0 Å². The van der Waals surface area contributed by atoms with Gasteiger partial charge in [0.15, 0.2) is 0 Å². The topological polar surface area (TPSA) is 28.0 Å². The maximum Gasteiger partial charge on any atom is 0.0630 e. The van der Waals surface area contributed by atoms with Crippen LogP contribution in [0, 0.1) is 0 Å². The summed E-state index contributed by atoms with van der Waals surface area (Å²) < 4.78 is 0. The second-order valence-corrected chi connectivity index (χ2v) is 6.64. The van der Waals surface area contributed by atoms with Crippen molar-refractivity contribution in [3.8, 4) is 0 Å². The second kappa shape index (κ2) is 10.9. The fourth-order valence-corrected chi connectivity index (χ4v) is 2.41. The molecule has 0 saturated heterocycles. The largest absolute Gasteiger partial charge is 0.383 e. The van der Waals surface area contributed by atoms with Crippen molar-refractivity contribution in [1.29, 1.82) is 0 Å². The minimum atomic E-state index is 0.712. The molecule has 0 aliphatic carbocycles. The zero-order valence-corrected chi connectivity index (χ0v) is 17.5. The number of rotatable bonds is 8. The van der Waals surface area contributed by atoms with E-state index in [1.54, 1.807) is 7.05 Å². The van der Waals surface area contributed by atoms with E-state index in [1.807, 2.05) is 68.8 Å². The van der Waals surface area contributed by atoms with Crippen LogP contribution in [-0.4, -0.2) is 38.5 Å². The molecule has 1 rings (SSSR count). The summed E-state index contributed by atoms with van der Waals surface area (Å²) in [5.41, 5.74) is 6.95. The average Bonchev–Trinajstić information content (AvgIpc) is 2.64. The minimum absolute atomic E-state index is 0.712. The predicted molar refractivity (Wildman–Crippen MR) is 122 cm³/mol. The van der Waals surface area contributed by atoms with Gasteiger partial charge in [-0.15, -0.1) is 0 Å². The van der Waals surface area contributed by atoms with Crippen LogP contribution in [0.1, 0.15) is 31.9 Å². The lowest BCUT2D eigenvalue weighted by Crippen LogP contribution is -2.01. The van der Waals surface area contributed by atoms with Crippen LogP contribution in [0.5, 0.6) is 0 Å². The quantitative estimate of drug-likeness (QED) is 0.425. The van der Waals surface area contributed by atoms with Crippen LogP contribution < -0.4 is 0 Å². The molecule has 0 amide bonds. The maximum absolute atomic E-state index is 4.60. The Bertz CT molecular complexity index is 827. The molecular weight excluding hydrogens is 330 g/mol. The molecule has 1 aromatic rings. The first-order valence-corrected chi connectivity index (χ1v) is 8.93. The van der Waals surface area contributed by atoms with Crippen molar-refractivity contribution in [2.45, 2.75) is 20.8 Å². The third-order valence-corrected chi connectivity index (χ3v) is 3.92. The maximum atomic E-state index is 4.60. The lowest BCUT2D eigenvalue weighted by Gasteiger charge is -2.09. The molecule has 0 spiro atoms. The first-order chi connectivity index (χ1) is 12.8. The Morgan fingerprint density at radius 1 is 1.07 bits per heavy atom. The third-order valence-electron chi connectivity index (χ3n) is 3.92. The first-order valence-electron chi connectivity index (χ1n) is 8.93. The molecule has 0 radical (unpaired) electrons. The highest BCUT2D eigenvalue weighted by Gasteiger charge is 2.04. The van der Waals surface area contributed by atoms with E-state index in [0.29, 0.717) is 5.70 Å². The van der Waals surface area contributed by atoms with E-state index in [4.69, 9.17) is 0 Å². The summed E-state index contributed by atoms with van der Waals surface area (Å²) in [6.07, 6.45) is 9.70. The SMILES string of the molecule is C=C(/C=C\N(C)C)C(C=NC(=C)c1cccc(/C(C=NC)=C/C)c1)=C(C)C. The highest BCUT2D eigenvalue weighted by Crippen LogP contribution is 2.21. The fourth-order valence-electron chi connectivity index (χ4n) is 2.41. The highest BCUT2D eigenvalue weighted by molar-refractivity contribution is 6.09. The van der Waals surface area contributed by atoms with E-state index in [2.05, 4.69) is 49.1 Å².